The molecule has 33 heavy (non-hydrogen) atoms. The van der Waals surface area contributed by atoms with Gasteiger partial charge < -0.3 is 25.0 Å². The van der Waals surface area contributed by atoms with Gasteiger partial charge in [-0.25, -0.2) is 9.97 Å². The van der Waals surface area contributed by atoms with E-state index in [1.54, 1.807) is 6.20 Å². The van der Waals surface area contributed by atoms with Crippen molar-refractivity contribution in [3.63, 3.8) is 0 Å². The second-order valence-corrected chi connectivity index (χ2v) is 9.01. The van der Waals surface area contributed by atoms with Crippen molar-refractivity contribution in [1.82, 2.24) is 20.2 Å². The molecule has 2 saturated heterocycles. The molecule has 0 aliphatic carbocycles. The van der Waals surface area contributed by atoms with Gasteiger partial charge in [0.1, 0.15) is 0 Å². The van der Waals surface area contributed by atoms with Gasteiger partial charge >= 0.3 is 0 Å². The number of ether oxygens (including phenoxy) is 1. The highest BCUT2D eigenvalue weighted by atomic mass is 16.5. The third-order valence-corrected chi connectivity index (χ3v) is 6.61. The minimum atomic E-state index is -0.297. The number of aliphatic hydroxyl groups excluding tert-OH is 1. The average molecular weight is 454 g/mol. The van der Waals surface area contributed by atoms with Gasteiger partial charge in [0.15, 0.2) is 5.69 Å². The lowest BCUT2D eigenvalue weighted by atomic mass is 9.96. The first-order valence-electron chi connectivity index (χ1n) is 12.0. The van der Waals surface area contributed by atoms with Crippen LogP contribution in [0.4, 0.5) is 5.69 Å². The lowest BCUT2D eigenvalue weighted by molar-refractivity contribution is 0.0933. The third-order valence-electron chi connectivity index (χ3n) is 6.61. The van der Waals surface area contributed by atoms with E-state index in [0.29, 0.717) is 43.3 Å². The number of likely N-dealkylation sites (N-methyl/N-ethyl adjacent to an activating group) is 1. The second kappa shape index (κ2) is 10.5. The van der Waals surface area contributed by atoms with Crippen molar-refractivity contribution in [3.05, 3.63) is 36.2 Å². The Morgan fingerprint density at radius 1 is 1.24 bits per heavy atom. The van der Waals surface area contributed by atoms with E-state index in [1.165, 1.54) is 0 Å². The number of nitrogens with one attached hydrogen (secondary N) is 1. The standard InChI is InChI=1S/C25H35N5O3/c1-4-18-15-19(31)11-14-30(18)22-9-8-21(20-7-6-12-26-25(20)33-5-2)28-23(22)24(32)27-17-10-13-29(3)16-17/h6-9,12,17-19,31H,4-5,10-11,13-16H2,1-3H3,(H,27,32)/t17-,18+,19+/m1/s1. The summed E-state index contributed by atoms with van der Waals surface area (Å²) < 4.78 is 5.71. The zero-order chi connectivity index (χ0) is 23.4. The zero-order valence-electron chi connectivity index (χ0n) is 19.8. The van der Waals surface area contributed by atoms with E-state index in [0.717, 1.165) is 37.2 Å². The molecule has 0 radical (unpaired) electrons. The summed E-state index contributed by atoms with van der Waals surface area (Å²) in [6.45, 7) is 7.05. The van der Waals surface area contributed by atoms with Crippen LogP contribution < -0.4 is 15.0 Å². The quantitative estimate of drug-likeness (QED) is 0.666. The number of pyridine rings is 2. The number of rotatable bonds is 7. The number of aliphatic hydroxyl groups is 1. The third kappa shape index (κ3) is 5.28. The Kier molecular flexibility index (Phi) is 7.45. The molecule has 0 saturated carbocycles. The summed E-state index contributed by atoms with van der Waals surface area (Å²) in [5, 5.41) is 13.4. The molecule has 0 bridgehead atoms. The maximum Gasteiger partial charge on any atom is 0.272 e. The SMILES string of the molecule is CCOc1ncccc1-c1ccc(N2CC[C@H](O)C[C@@H]2CC)c(C(=O)N[C@@H]2CCN(C)C2)n1. The van der Waals surface area contributed by atoms with Gasteiger partial charge in [-0.05, 0) is 70.5 Å². The van der Waals surface area contributed by atoms with Crippen LogP contribution >= 0.6 is 0 Å². The van der Waals surface area contributed by atoms with E-state index in [2.05, 4.69) is 34.1 Å². The summed E-state index contributed by atoms with van der Waals surface area (Å²) in [5.41, 5.74) is 2.67. The summed E-state index contributed by atoms with van der Waals surface area (Å²) in [5.74, 6) is 0.353. The minimum absolute atomic E-state index is 0.114. The fourth-order valence-corrected chi connectivity index (χ4v) is 4.88. The summed E-state index contributed by atoms with van der Waals surface area (Å²) in [6, 6.07) is 7.97. The number of likely N-dealkylation sites (tertiary alicyclic amines) is 1. The molecule has 2 aliphatic heterocycles. The Hall–Kier alpha value is -2.71. The highest BCUT2D eigenvalue weighted by Gasteiger charge is 2.31. The monoisotopic (exact) mass is 453 g/mol. The molecule has 2 fully saturated rings. The smallest absolute Gasteiger partial charge is 0.272 e. The normalized spacial score (nSPS) is 23.5. The van der Waals surface area contributed by atoms with Crippen LogP contribution in [0.3, 0.4) is 0 Å². The molecule has 8 nitrogen and oxygen atoms in total. The maximum absolute atomic E-state index is 13.5. The molecule has 3 atom stereocenters. The van der Waals surface area contributed by atoms with E-state index >= 15 is 0 Å². The number of hydrogen-bond acceptors (Lipinski definition) is 7. The number of aromatic nitrogens is 2. The number of carbonyl (C=O) groups is 1. The molecule has 2 aliphatic rings. The number of amides is 1. The van der Waals surface area contributed by atoms with E-state index in [1.807, 2.05) is 31.2 Å². The zero-order valence-corrected chi connectivity index (χ0v) is 19.8. The van der Waals surface area contributed by atoms with Crippen molar-refractivity contribution < 1.29 is 14.6 Å². The number of hydrogen-bond donors (Lipinski definition) is 2. The number of carbonyl (C=O) groups excluding carboxylic acids is 1. The van der Waals surface area contributed by atoms with Crippen LogP contribution in [-0.2, 0) is 0 Å². The van der Waals surface area contributed by atoms with Crippen molar-refractivity contribution >= 4 is 11.6 Å². The average Bonchev–Trinajstić information content (AvgIpc) is 3.23. The molecule has 2 aromatic heterocycles. The second-order valence-electron chi connectivity index (χ2n) is 9.01. The molecule has 1 amide bonds. The molecule has 0 unspecified atom stereocenters. The number of piperidine rings is 1. The van der Waals surface area contributed by atoms with Crippen molar-refractivity contribution in [3.8, 4) is 17.1 Å². The molecular formula is C25H35N5O3. The van der Waals surface area contributed by atoms with E-state index in [-0.39, 0.29) is 24.1 Å². The lowest BCUT2D eigenvalue weighted by Crippen LogP contribution is -2.45. The summed E-state index contributed by atoms with van der Waals surface area (Å²) in [6.07, 6.45) is 4.60. The van der Waals surface area contributed by atoms with E-state index in [9.17, 15) is 9.90 Å². The predicted octanol–water partition coefficient (Wildman–Crippen LogP) is 2.72. The van der Waals surface area contributed by atoms with Crippen molar-refractivity contribution in [1.29, 1.82) is 0 Å². The van der Waals surface area contributed by atoms with Gasteiger partial charge in [-0.2, -0.15) is 0 Å². The Labute approximate surface area is 196 Å². The van der Waals surface area contributed by atoms with Crippen LogP contribution in [0.25, 0.3) is 11.3 Å². The maximum atomic E-state index is 13.5. The first kappa shape index (κ1) is 23.4. The van der Waals surface area contributed by atoms with Gasteiger partial charge in [-0.15, -0.1) is 0 Å². The van der Waals surface area contributed by atoms with E-state index < -0.39 is 0 Å². The van der Waals surface area contributed by atoms with Gasteiger partial charge in [0, 0.05) is 31.4 Å². The first-order valence-corrected chi connectivity index (χ1v) is 12.0. The Bertz CT molecular complexity index is 969. The Balaban J connectivity index is 1.72. The molecule has 178 valence electrons. The molecule has 2 aromatic rings. The lowest BCUT2D eigenvalue weighted by Gasteiger charge is -2.39. The Morgan fingerprint density at radius 2 is 2.09 bits per heavy atom. The molecular weight excluding hydrogens is 418 g/mol. The van der Waals surface area contributed by atoms with Crippen molar-refractivity contribution in [2.45, 2.75) is 57.7 Å². The van der Waals surface area contributed by atoms with Crippen LogP contribution in [0.5, 0.6) is 5.88 Å². The van der Waals surface area contributed by atoms with Gasteiger partial charge in [0.25, 0.3) is 5.91 Å². The molecule has 0 spiro atoms. The highest BCUT2D eigenvalue weighted by molar-refractivity contribution is 5.99. The molecule has 4 rings (SSSR count). The topological polar surface area (TPSA) is 90.8 Å². The van der Waals surface area contributed by atoms with Crippen molar-refractivity contribution in [2.24, 2.45) is 0 Å². The molecule has 2 N–H and O–H groups in total. The van der Waals surface area contributed by atoms with Gasteiger partial charge in [0.05, 0.1) is 29.7 Å². The summed E-state index contributed by atoms with van der Waals surface area (Å²) in [7, 11) is 2.07. The molecule has 0 aromatic carbocycles. The van der Waals surface area contributed by atoms with Gasteiger partial charge in [-0.1, -0.05) is 6.92 Å². The van der Waals surface area contributed by atoms with Crippen LogP contribution in [0, 0.1) is 0 Å². The van der Waals surface area contributed by atoms with Crippen molar-refractivity contribution in [2.75, 3.05) is 38.2 Å². The first-order chi connectivity index (χ1) is 16.0. The largest absolute Gasteiger partial charge is 0.477 e. The minimum Gasteiger partial charge on any atom is -0.477 e. The van der Waals surface area contributed by atoms with Crippen LogP contribution in [0.2, 0.25) is 0 Å². The van der Waals surface area contributed by atoms with Gasteiger partial charge in [-0.3, -0.25) is 4.79 Å². The fourth-order valence-electron chi connectivity index (χ4n) is 4.88. The fraction of sp³-hybridized carbons (Fsp3) is 0.560. The predicted molar refractivity (Wildman–Crippen MR) is 129 cm³/mol. The highest BCUT2D eigenvalue weighted by Crippen LogP contribution is 2.33. The number of nitrogens with zero attached hydrogens (tertiary/aromatic N) is 4. The van der Waals surface area contributed by atoms with E-state index in [4.69, 9.17) is 9.72 Å². The number of anilines is 1. The van der Waals surface area contributed by atoms with Crippen LogP contribution in [0.1, 0.15) is 50.0 Å². The Morgan fingerprint density at radius 3 is 2.82 bits per heavy atom. The summed E-state index contributed by atoms with van der Waals surface area (Å²) >= 11 is 0. The van der Waals surface area contributed by atoms with Crippen LogP contribution in [0.15, 0.2) is 30.5 Å². The van der Waals surface area contributed by atoms with Gasteiger partial charge in [0.2, 0.25) is 5.88 Å². The van der Waals surface area contributed by atoms with Crippen LogP contribution in [-0.4, -0.2) is 77.4 Å². The molecule has 4 heterocycles. The summed E-state index contributed by atoms with van der Waals surface area (Å²) in [4.78, 5) is 27.2. The molecule has 8 heteroatoms.